The Labute approximate surface area is 188 Å². The van der Waals surface area contributed by atoms with Crippen LogP contribution in [0.4, 0.5) is 0 Å². The fourth-order valence-corrected chi connectivity index (χ4v) is 4.52. The standard InChI is InChI=1S/C21H34NO9P/c1-14-6-7-16(10-14)12-27-17(23)8-9-22-19(24)18-15(2)11-29-32(26,31-18)30-13-28-20(25)21(3,4)5/h15-16,18H,1,6-13H2,2-5H3,(H,22,24)/t15?,16-,18-,32-/m1/s1. The molecular weight excluding hydrogens is 441 g/mol. The lowest BCUT2D eigenvalue weighted by Crippen LogP contribution is -2.44. The summed E-state index contributed by atoms with van der Waals surface area (Å²) >= 11 is 0. The van der Waals surface area contributed by atoms with Crippen molar-refractivity contribution >= 4 is 25.7 Å². The summed E-state index contributed by atoms with van der Waals surface area (Å²) in [6.07, 6.45) is 1.72. The number of phosphoric ester groups is 1. The van der Waals surface area contributed by atoms with Crippen LogP contribution in [0, 0.1) is 17.3 Å². The van der Waals surface area contributed by atoms with Gasteiger partial charge < -0.3 is 14.8 Å². The van der Waals surface area contributed by atoms with E-state index in [1.165, 1.54) is 5.57 Å². The van der Waals surface area contributed by atoms with Gasteiger partial charge in [-0.15, -0.1) is 0 Å². The van der Waals surface area contributed by atoms with Crippen LogP contribution in [0.15, 0.2) is 12.2 Å². The molecule has 1 heterocycles. The monoisotopic (exact) mass is 475 g/mol. The van der Waals surface area contributed by atoms with Gasteiger partial charge in [-0.2, -0.15) is 0 Å². The summed E-state index contributed by atoms with van der Waals surface area (Å²) in [7, 11) is -4.09. The fraction of sp³-hybridized carbons (Fsp3) is 0.762. The Morgan fingerprint density at radius 2 is 1.97 bits per heavy atom. The van der Waals surface area contributed by atoms with Gasteiger partial charge in [0.15, 0.2) is 6.10 Å². The average Bonchev–Trinajstić information content (AvgIpc) is 3.13. The van der Waals surface area contributed by atoms with Crippen molar-refractivity contribution in [2.24, 2.45) is 17.3 Å². The van der Waals surface area contributed by atoms with Gasteiger partial charge in [-0.1, -0.05) is 19.1 Å². The van der Waals surface area contributed by atoms with Gasteiger partial charge in [0.25, 0.3) is 0 Å². The van der Waals surface area contributed by atoms with Crippen molar-refractivity contribution in [3.63, 3.8) is 0 Å². The van der Waals surface area contributed by atoms with E-state index in [1.807, 2.05) is 0 Å². The van der Waals surface area contributed by atoms with Crippen molar-refractivity contribution in [1.82, 2.24) is 5.32 Å². The van der Waals surface area contributed by atoms with Crippen LogP contribution in [0.1, 0.15) is 53.4 Å². The van der Waals surface area contributed by atoms with Gasteiger partial charge in [0, 0.05) is 12.5 Å². The van der Waals surface area contributed by atoms with Gasteiger partial charge in [-0.05, 0) is 46.0 Å². The predicted molar refractivity (Wildman–Crippen MR) is 114 cm³/mol. The van der Waals surface area contributed by atoms with Gasteiger partial charge >= 0.3 is 19.8 Å². The molecule has 0 aromatic rings. The normalized spacial score (nSPS) is 28.2. The Kier molecular flexibility index (Phi) is 9.45. The molecule has 10 nitrogen and oxygen atoms in total. The summed E-state index contributed by atoms with van der Waals surface area (Å²) in [5, 5.41) is 2.58. The lowest BCUT2D eigenvalue weighted by molar-refractivity contribution is -0.162. The number of rotatable bonds is 9. The van der Waals surface area contributed by atoms with Crippen molar-refractivity contribution in [2.75, 3.05) is 26.6 Å². The molecule has 0 aromatic heterocycles. The Morgan fingerprint density at radius 1 is 1.25 bits per heavy atom. The fourth-order valence-electron chi connectivity index (χ4n) is 3.14. The van der Waals surface area contributed by atoms with E-state index in [1.54, 1.807) is 27.7 Å². The van der Waals surface area contributed by atoms with E-state index in [0.29, 0.717) is 12.5 Å². The third kappa shape index (κ3) is 8.31. The molecule has 0 spiro atoms. The number of carbonyl (C=O) groups excluding carboxylic acids is 3. The third-order valence-electron chi connectivity index (χ3n) is 5.12. The van der Waals surface area contributed by atoms with Crippen LogP contribution in [-0.4, -0.2) is 50.5 Å². The van der Waals surface area contributed by atoms with E-state index in [2.05, 4.69) is 11.9 Å². The SMILES string of the molecule is C=C1CC[C@@H](COC(=O)CCNC(=O)[C@@H]2O[P@@](=O)(OCOC(=O)C(C)(C)C)OCC2C)C1. The predicted octanol–water partition coefficient (Wildman–Crippen LogP) is 3.12. The zero-order valence-electron chi connectivity index (χ0n) is 19.2. The van der Waals surface area contributed by atoms with Crippen LogP contribution >= 0.6 is 7.82 Å². The molecule has 1 saturated carbocycles. The minimum Gasteiger partial charge on any atom is -0.465 e. The van der Waals surface area contributed by atoms with E-state index >= 15 is 0 Å². The molecule has 32 heavy (non-hydrogen) atoms. The maximum atomic E-state index is 12.6. The molecule has 1 aliphatic heterocycles. The number of ether oxygens (including phenoxy) is 2. The maximum absolute atomic E-state index is 12.6. The molecule has 1 saturated heterocycles. The molecule has 11 heteroatoms. The molecule has 1 unspecified atom stereocenters. The van der Waals surface area contributed by atoms with Crippen molar-refractivity contribution in [1.29, 1.82) is 0 Å². The molecule has 1 N–H and O–H groups in total. The molecule has 0 aromatic carbocycles. The van der Waals surface area contributed by atoms with E-state index < -0.39 is 49.9 Å². The smallest absolute Gasteiger partial charge is 0.465 e. The topological polar surface area (TPSA) is 126 Å². The number of hydrogen-bond acceptors (Lipinski definition) is 9. The first kappa shape index (κ1) is 26.5. The second kappa shape index (κ2) is 11.4. The average molecular weight is 475 g/mol. The van der Waals surface area contributed by atoms with Crippen LogP contribution in [0.5, 0.6) is 0 Å². The van der Waals surface area contributed by atoms with E-state index in [9.17, 15) is 18.9 Å². The second-order valence-corrected chi connectivity index (χ2v) is 10.9. The zero-order valence-corrected chi connectivity index (χ0v) is 20.1. The first-order valence-electron chi connectivity index (χ1n) is 10.7. The largest absolute Gasteiger partial charge is 0.478 e. The highest BCUT2D eigenvalue weighted by atomic mass is 31.2. The molecule has 4 atom stereocenters. The molecule has 2 fully saturated rings. The lowest BCUT2D eigenvalue weighted by Gasteiger charge is -2.32. The van der Waals surface area contributed by atoms with Gasteiger partial charge in [-0.25, -0.2) is 9.09 Å². The number of esters is 2. The van der Waals surface area contributed by atoms with Crippen LogP contribution in [-0.2, 0) is 42.0 Å². The molecule has 0 radical (unpaired) electrons. The van der Waals surface area contributed by atoms with Gasteiger partial charge in [0.1, 0.15) is 0 Å². The molecule has 0 bridgehead atoms. The summed E-state index contributed by atoms with van der Waals surface area (Å²) in [6.45, 7) is 10.3. The Bertz CT molecular complexity index is 761. The van der Waals surface area contributed by atoms with E-state index in [4.69, 9.17) is 23.0 Å². The van der Waals surface area contributed by atoms with E-state index in [0.717, 1.165) is 19.3 Å². The zero-order chi connectivity index (χ0) is 23.9. The maximum Gasteiger partial charge on any atom is 0.478 e. The third-order valence-corrected chi connectivity index (χ3v) is 6.49. The number of carbonyl (C=O) groups is 3. The Balaban J connectivity index is 1.72. The summed E-state index contributed by atoms with van der Waals surface area (Å²) < 4.78 is 38.2. The molecule has 1 amide bonds. The summed E-state index contributed by atoms with van der Waals surface area (Å²) in [5.41, 5.74) is 0.424. The van der Waals surface area contributed by atoms with Gasteiger partial charge in [0.05, 0.1) is 25.0 Å². The number of allylic oxidation sites excluding steroid dienone is 1. The van der Waals surface area contributed by atoms with Crippen LogP contribution in [0.2, 0.25) is 0 Å². The summed E-state index contributed by atoms with van der Waals surface area (Å²) in [4.78, 5) is 36.1. The second-order valence-electron chi connectivity index (χ2n) is 9.26. The quantitative estimate of drug-likeness (QED) is 0.232. The molecule has 1 aliphatic carbocycles. The molecule has 2 aliphatic rings. The van der Waals surface area contributed by atoms with Crippen molar-refractivity contribution < 1.29 is 42.0 Å². The van der Waals surface area contributed by atoms with Gasteiger partial charge in [-0.3, -0.25) is 23.4 Å². The lowest BCUT2D eigenvalue weighted by atomic mass is 9.98. The summed E-state index contributed by atoms with van der Waals surface area (Å²) in [5.74, 6) is -1.59. The van der Waals surface area contributed by atoms with Crippen molar-refractivity contribution in [3.8, 4) is 0 Å². The Morgan fingerprint density at radius 3 is 2.59 bits per heavy atom. The minimum atomic E-state index is -4.09. The minimum absolute atomic E-state index is 0.00786. The Hall–Kier alpha value is -1.74. The van der Waals surface area contributed by atoms with Crippen molar-refractivity contribution in [2.45, 2.75) is 59.5 Å². The molecular formula is C21H34NO9P. The van der Waals surface area contributed by atoms with E-state index in [-0.39, 0.29) is 19.6 Å². The first-order valence-corrected chi connectivity index (χ1v) is 12.2. The van der Waals surface area contributed by atoms with Crippen LogP contribution in [0.3, 0.4) is 0 Å². The molecule has 182 valence electrons. The highest BCUT2D eigenvalue weighted by Crippen LogP contribution is 2.54. The first-order chi connectivity index (χ1) is 14.9. The highest BCUT2D eigenvalue weighted by Gasteiger charge is 2.43. The van der Waals surface area contributed by atoms with Crippen LogP contribution in [0.25, 0.3) is 0 Å². The highest BCUT2D eigenvalue weighted by molar-refractivity contribution is 7.48. The van der Waals surface area contributed by atoms with Crippen molar-refractivity contribution in [3.05, 3.63) is 12.2 Å². The molecule has 2 rings (SSSR count). The number of nitrogens with one attached hydrogen (secondary N) is 1. The van der Waals surface area contributed by atoms with Gasteiger partial charge in [0.2, 0.25) is 12.7 Å². The number of amides is 1. The summed E-state index contributed by atoms with van der Waals surface area (Å²) in [6, 6.07) is 0. The number of phosphoric acid groups is 1. The number of hydrogen-bond donors (Lipinski definition) is 1. The van der Waals surface area contributed by atoms with Crippen LogP contribution < -0.4 is 5.32 Å².